The molecule has 116 valence electrons. The zero-order valence-electron chi connectivity index (χ0n) is 12.7. The first-order chi connectivity index (χ1) is 10.3. The molecule has 1 heterocycles. The average Bonchev–Trinajstić information content (AvgIpc) is 2.52. The molecular weight excluding hydrogens is 266 g/mol. The van der Waals surface area contributed by atoms with Crippen LogP contribution in [0, 0.1) is 0 Å². The van der Waals surface area contributed by atoms with Gasteiger partial charge >= 0.3 is 0 Å². The van der Waals surface area contributed by atoms with E-state index in [2.05, 4.69) is 17.1 Å². The fraction of sp³-hybridized carbons (Fsp3) is 0.562. The standard InChI is InChI=1S/C16H25N3O2/c1-2-14-16(20)18-8-10-19(14)9-5-11-21-15-7-4-3-6-13(15)12-17/h3-4,6-7,14H,2,5,8-12,17H2,1H3,(H,18,20). The number of carbonyl (C=O) groups is 1. The molecule has 1 saturated heterocycles. The smallest absolute Gasteiger partial charge is 0.237 e. The summed E-state index contributed by atoms with van der Waals surface area (Å²) in [5.74, 6) is 1.02. The maximum atomic E-state index is 11.8. The molecular formula is C16H25N3O2. The normalized spacial score (nSPS) is 19.3. The fourth-order valence-corrected chi connectivity index (χ4v) is 2.74. The van der Waals surface area contributed by atoms with Crippen LogP contribution in [-0.4, -0.2) is 43.1 Å². The summed E-state index contributed by atoms with van der Waals surface area (Å²) in [4.78, 5) is 14.0. The molecule has 1 unspecified atom stereocenters. The Hall–Kier alpha value is -1.59. The largest absolute Gasteiger partial charge is 0.493 e. The minimum absolute atomic E-state index is 0.00933. The van der Waals surface area contributed by atoms with Gasteiger partial charge in [0.15, 0.2) is 0 Å². The first-order valence-corrected chi connectivity index (χ1v) is 7.68. The number of hydrogen-bond acceptors (Lipinski definition) is 4. The van der Waals surface area contributed by atoms with E-state index in [-0.39, 0.29) is 11.9 Å². The molecule has 2 rings (SSSR count). The molecule has 1 aliphatic heterocycles. The molecule has 5 heteroatoms. The van der Waals surface area contributed by atoms with E-state index in [1.807, 2.05) is 24.3 Å². The number of carbonyl (C=O) groups excluding carboxylic acids is 1. The van der Waals surface area contributed by atoms with E-state index in [1.54, 1.807) is 0 Å². The second-order valence-corrected chi connectivity index (χ2v) is 5.26. The molecule has 3 N–H and O–H groups in total. The lowest BCUT2D eigenvalue weighted by Crippen LogP contribution is -2.55. The summed E-state index contributed by atoms with van der Waals surface area (Å²) < 4.78 is 5.81. The highest BCUT2D eigenvalue weighted by Crippen LogP contribution is 2.17. The van der Waals surface area contributed by atoms with Crippen LogP contribution in [-0.2, 0) is 11.3 Å². The lowest BCUT2D eigenvalue weighted by atomic mass is 10.1. The first kappa shape index (κ1) is 15.8. The van der Waals surface area contributed by atoms with Gasteiger partial charge < -0.3 is 15.8 Å². The molecule has 1 atom stereocenters. The van der Waals surface area contributed by atoms with Crippen molar-refractivity contribution in [3.63, 3.8) is 0 Å². The van der Waals surface area contributed by atoms with Crippen molar-refractivity contribution < 1.29 is 9.53 Å². The van der Waals surface area contributed by atoms with E-state index in [0.717, 1.165) is 43.8 Å². The third kappa shape index (κ3) is 4.19. The van der Waals surface area contributed by atoms with Gasteiger partial charge in [0, 0.05) is 31.7 Å². The summed E-state index contributed by atoms with van der Waals surface area (Å²) in [7, 11) is 0. The van der Waals surface area contributed by atoms with E-state index < -0.39 is 0 Å². The molecule has 1 aromatic carbocycles. The van der Waals surface area contributed by atoms with E-state index in [1.165, 1.54) is 0 Å². The summed E-state index contributed by atoms with van der Waals surface area (Å²) in [5.41, 5.74) is 6.72. The van der Waals surface area contributed by atoms with Gasteiger partial charge in [0.2, 0.25) is 5.91 Å². The number of nitrogens with zero attached hydrogens (tertiary/aromatic N) is 1. The number of nitrogens with two attached hydrogens (primary N) is 1. The summed E-state index contributed by atoms with van der Waals surface area (Å²) in [6.45, 7) is 5.73. The van der Waals surface area contributed by atoms with Crippen molar-refractivity contribution in [1.29, 1.82) is 0 Å². The van der Waals surface area contributed by atoms with Crippen LogP contribution in [0.4, 0.5) is 0 Å². The van der Waals surface area contributed by atoms with Crippen molar-refractivity contribution in [1.82, 2.24) is 10.2 Å². The summed E-state index contributed by atoms with van der Waals surface area (Å²) in [5, 5.41) is 2.92. The van der Waals surface area contributed by atoms with Crippen LogP contribution in [0.2, 0.25) is 0 Å². The van der Waals surface area contributed by atoms with E-state index in [0.29, 0.717) is 13.2 Å². The highest BCUT2D eigenvalue weighted by molar-refractivity contribution is 5.82. The van der Waals surface area contributed by atoms with Crippen LogP contribution < -0.4 is 15.8 Å². The Morgan fingerprint density at radius 3 is 3.00 bits per heavy atom. The monoisotopic (exact) mass is 291 g/mol. The van der Waals surface area contributed by atoms with Gasteiger partial charge in [0.1, 0.15) is 5.75 Å². The Kier molecular flexibility index (Phi) is 6.02. The van der Waals surface area contributed by atoms with Crippen LogP contribution >= 0.6 is 0 Å². The maximum Gasteiger partial charge on any atom is 0.237 e. The van der Waals surface area contributed by atoms with Gasteiger partial charge in [-0.1, -0.05) is 25.1 Å². The van der Waals surface area contributed by atoms with Gasteiger partial charge in [-0.05, 0) is 18.9 Å². The quantitative estimate of drug-likeness (QED) is 0.739. The molecule has 5 nitrogen and oxygen atoms in total. The second kappa shape index (κ2) is 8.00. The lowest BCUT2D eigenvalue weighted by Gasteiger charge is -2.34. The maximum absolute atomic E-state index is 11.8. The van der Waals surface area contributed by atoms with Crippen LogP contribution in [0.25, 0.3) is 0 Å². The van der Waals surface area contributed by atoms with Gasteiger partial charge in [0.25, 0.3) is 0 Å². The number of piperazine rings is 1. The zero-order chi connectivity index (χ0) is 15.1. The molecule has 1 amide bonds. The number of amides is 1. The minimum atomic E-state index is 0.00933. The Bertz CT molecular complexity index is 465. The number of hydrogen-bond donors (Lipinski definition) is 2. The fourth-order valence-electron chi connectivity index (χ4n) is 2.74. The highest BCUT2D eigenvalue weighted by Gasteiger charge is 2.27. The van der Waals surface area contributed by atoms with Gasteiger partial charge in [-0.25, -0.2) is 0 Å². The van der Waals surface area contributed by atoms with Gasteiger partial charge in [-0.2, -0.15) is 0 Å². The van der Waals surface area contributed by atoms with Crippen molar-refractivity contribution in [2.24, 2.45) is 5.73 Å². The van der Waals surface area contributed by atoms with Gasteiger partial charge in [-0.3, -0.25) is 9.69 Å². The Morgan fingerprint density at radius 1 is 1.43 bits per heavy atom. The highest BCUT2D eigenvalue weighted by atomic mass is 16.5. The zero-order valence-corrected chi connectivity index (χ0v) is 12.7. The lowest BCUT2D eigenvalue weighted by molar-refractivity contribution is -0.129. The molecule has 0 aromatic heterocycles. The number of para-hydroxylation sites is 1. The second-order valence-electron chi connectivity index (χ2n) is 5.26. The number of rotatable bonds is 7. The van der Waals surface area contributed by atoms with Crippen LogP contribution in [0.15, 0.2) is 24.3 Å². The average molecular weight is 291 g/mol. The predicted molar refractivity (Wildman–Crippen MR) is 83.1 cm³/mol. The van der Waals surface area contributed by atoms with Crippen molar-refractivity contribution in [2.75, 3.05) is 26.2 Å². The van der Waals surface area contributed by atoms with Crippen molar-refractivity contribution in [3.05, 3.63) is 29.8 Å². The summed E-state index contributed by atoms with van der Waals surface area (Å²) in [6, 6.07) is 7.86. The van der Waals surface area contributed by atoms with E-state index in [9.17, 15) is 4.79 Å². The predicted octanol–water partition coefficient (Wildman–Crippen LogP) is 1.12. The number of benzene rings is 1. The Balaban J connectivity index is 1.77. The minimum Gasteiger partial charge on any atom is -0.493 e. The summed E-state index contributed by atoms with van der Waals surface area (Å²) in [6.07, 6.45) is 1.76. The van der Waals surface area contributed by atoms with Gasteiger partial charge in [-0.15, -0.1) is 0 Å². The Morgan fingerprint density at radius 2 is 2.24 bits per heavy atom. The molecule has 0 radical (unpaired) electrons. The van der Waals surface area contributed by atoms with Crippen LogP contribution in [0.5, 0.6) is 5.75 Å². The van der Waals surface area contributed by atoms with Crippen molar-refractivity contribution in [2.45, 2.75) is 32.4 Å². The van der Waals surface area contributed by atoms with Crippen LogP contribution in [0.1, 0.15) is 25.3 Å². The number of ether oxygens (including phenoxy) is 1. The molecule has 0 aliphatic carbocycles. The van der Waals surface area contributed by atoms with Gasteiger partial charge in [0.05, 0.1) is 12.6 Å². The topological polar surface area (TPSA) is 67.6 Å². The number of nitrogens with one attached hydrogen (secondary N) is 1. The first-order valence-electron chi connectivity index (χ1n) is 7.68. The molecule has 1 fully saturated rings. The molecule has 0 bridgehead atoms. The molecule has 0 saturated carbocycles. The van der Waals surface area contributed by atoms with E-state index in [4.69, 9.17) is 10.5 Å². The van der Waals surface area contributed by atoms with Crippen LogP contribution in [0.3, 0.4) is 0 Å². The third-order valence-corrected chi connectivity index (χ3v) is 3.87. The SMILES string of the molecule is CCC1C(=O)NCCN1CCCOc1ccccc1CN. The molecule has 21 heavy (non-hydrogen) atoms. The summed E-state index contributed by atoms with van der Waals surface area (Å²) >= 11 is 0. The molecule has 1 aliphatic rings. The Labute approximate surface area is 126 Å². The molecule has 1 aromatic rings. The third-order valence-electron chi connectivity index (χ3n) is 3.87. The molecule has 0 spiro atoms. The van der Waals surface area contributed by atoms with Crippen molar-refractivity contribution in [3.8, 4) is 5.75 Å². The van der Waals surface area contributed by atoms with Crippen molar-refractivity contribution >= 4 is 5.91 Å². The van der Waals surface area contributed by atoms with E-state index >= 15 is 0 Å².